The van der Waals surface area contributed by atoms with Crippen LogP contribution in [0.4, 0.5) is 0 Å². The van der Waals surface area contributed by atoms with E-state index in [4.69, 9.17) is 0 Å². The van der Waals surface area contributed by atoms with Crippen LogP contribution in [0.15, 0.2) is 29.2 Å². The molecule has 1 aliphatic rings. The zero-order valence-electron chi connectivity index (χ0n) is 19.9. The fourth-order valence-corrected chi connectivity index (χ4v) is 13.9. The van der Waals surface area contributed by atoms with Gasteiger partial charge in [-0.3, -0.25) is 0 Å². The van der Waals surface area contributed by atoms with E-state index in [1.807, 2.05) is 19.1 Å². The second kappa shape index (κ2) is 12.6. The third-order valence-corrected chi connectivity index (χ3v) is 15.1. The third kappa shape index (κ3) is 7.04. The van der Waals surface area contributed by atoms with Crippen molar-refractivity contribution >= 4 is 17.3 Å². The van der Waals surface area contributed by atoms with Crippen molar-refractivity contribution in [3.05, 3.63) is 29.8 Å². The minimum absolute atomic E-state index is 0.127. The summed E-state index contributed by atoms with van der Waals surface area (Å²) in [6.07, 6.45) is 16.5. The Bertz CT molecular complexity index is 695. The Balaban J connectivity index is 2.32. The van der Waals surface area contributed by atoms with E-state index in [1.165, 1.54) is 69.9 Å². The van der Waals surface area contributed by atoms with Gasteiger partial charge in [-0.25, -0.2) is 0 Å². The molecule has 0 spiro atoms. The number of nitrogens with one attached hydrogen (secondary N) is 1. The molecule has 174 valence electrons. The van der Waals surface area contributed by atoms with E-state index in [0.717, 1.165) is 18.4 Å². The van der Waals surface area contributed by atoms with Crippen molar-refractivity contribution in [1.29, 1.82) is 0 Å². The normalized spacial score (nSPS) is 20.9. The van der Waals surface area contributed by atoms with Crippen molar-refractivity contribution in [3.63, 3.8) is 0 Å². The summed E-state index contributed by atoms with van der Waals surface area (Å²) < 4.78 is 29.7. The fourth-order valence-electron chi connectivity index (χ4n) is 5.51. The molecule has 0 aromatic heterocycles. The molecule has 0 saturated heterocycles. The van der Waals surface area contributed by atoms with Crippen LogP contribution in [0.25, 0.3) is 0 Å². The van der Waals surface area contributed by atoms with Crippen molar-refractivity contribution in [2.75, 3.05) is 18.5 Å². The van der Waals surface area contributed by atoms with Gasteiger partial charge in [0.2, 0.25) is 0 Å². The van der Waals surface area contributed by atoms with E-state index in [1.54, 1.807) is 12.1 Å². The van der Waals surface area contributed by atoms with Crippen LogP contribution in [0.1, 0.15) is 90.5 Å². The zero-order chi connectivity index (χ0) is 22.0. The van der Waals surface area contributed by atoms with Crippen LogP contribution < -0.4 is 4.72 Å². The third-order valence-electron chi connectivity index (χ3n) is 7.27. The van der Waals surface area contributed by atoms with Crippen LogP contribution in [-0.4, -0.2) is 38.6 Å². The Morgan fingerprint density at radius 2 is 1.37 bits per heavy atom. The molecule has 0 bridgehead atoms. The molecule has 0 heterocycles. The van der Waals surface area contributed by atoms with Crippen LogP contribution in [0, 0.1) is 6.92 Å². The van der Waals surface area contributed by atoms with Crippen molar-refractivity contribution in [1.82, 2.24) is 4.72 Å². The van der Waals surface area contributed by atoms with Gasteiger partial charge in [0, 0.05) is 0 Å². The second-order valence-corrected chi connectivity index (χ2v) is 16.3. The first-order valence-corrected chi connectivity index (χ1v) is 16.7. The summed E-state index contributed by atoms with van der Waals surface area (Å²) in [6.45, 7) is 8.90. The number of unbranched alkanes of at least 4 members (excludes halogenated alkanes) is 3. The molecule has 2 atom stereocenters. The van der Waals surface area contributed by atoms with Crippen LogP contribution in [0.3, 0.4) is 0 Å². The van der Waals surface area contributed by atoms with Crippen LogP contribution in [0.5, 0.6) is 0 Å². The van der Waals surface area contributed by atoms with Crippen molar-refractivity contribution in [2.45, 2.75) is 108 Å². The van der Waals surface area contributed by atoms with Gasteiger partial charge in [0.05, 0.1) is 0 Å². The molecule has 0 amide bonds. The van der Waals surface area contributed by atoms with Gasteiger partial charge in [-0.05, 0) is 0 Å². The van der Waals surface area contributed by atoms with E-state index in [0.29, 0.717) is 10.6 Å². The predicted octanol–water partition coefficient (Wildman–Crippen LogP) is 6.73. The van der Waals surface area contributed by atoms with E-state index < -0.39 is 17.3 Å². The van der Waals surface area contributed by atoms with Gasteiger partial charge in [0.15, 0.2) is 0 Å². The first kappa shape index (κ1) is 25.8. The summed E-state index contributed by atoms with van der Waals surface area (Å²) >= 11 is 0. The Labute approximate surface area is 187 Å². The summed E-state index contributed by atoms with van der Waals surface area (Å²) in [7, 11) is -5.02. The van der Waals surface area contributed by atoms with E-state index in [9.17, 15) is 8.42 Å². The molecule has 2 unspecified atom stereocenters. The molecule has 0 radical (unpaired) electrons. The summed E-state index contributed by atoms with van der Waals surface area (Å²) in [5.74, 6) is 0. The average Bonchev–Trinajstić information content (AvgIpc) is 2.74. The van der Waals surface area contributed by atoms with Crippen molar-refractivity contribution in [3.8, 4) is 0 Å². The molecule has 1 saturated carbocycles. The standard InChI is InChI=1S/C25H46NO2PS/c1-5-8-19-29(20-9-6-2,21-10-7-3)25-14-12-11-13-24(25)26-30(27,28)23-17-15-22(4)16-18-23/h15-18,24-26,29H,5-14,19-21H2,1-4H3. The topological polar surface area (TPSA) is 46.2 Å². The Morgan fingerprint density at radius 3 is 1.87 bits per heavy atom. The van der Waals surface area contributed by atoms with Crippen molar-refractivity contribution in [2.24, 2.45) is 0 Å². The Hall–Kier alpha value is -0.440. The second-order valence-electron chi connectivity index (χ2n) is 9.60. The van der Waals surface area contributed by atoms with E-state index in [-0.39, 0.29) is 6.04 Å². The minimum atomic E-state index is -3.46. The number of hydrogen-bond donors (Lipinski definition) is 1. The molecule has 3 nitrogen and oxygen atoms in total. The summed E-state index contributed by atoms with van der Waals surface area (Å²) in [5, 5.41) is 0. The number of aryl methyl sites for hydroxylation is 1. The van der Waals surface area contributed by atoms with Gasteiger partial charge in [-0.15, -0.1) is 0 Å². The van der Waals surface area contributed by atoms with Gasteiger partial charge < -0.3 is 0 Å². The molecule has 1 N–H and O–H groups in total. The molecule has 1 fully saturated rings. The first-order chi connectivity index (χ1) is 14.4. The molecular formula is C25H46NO2PS. The van der Waals surface area contributed by atoms with Crippen LogP contribution >= 0.6 is 7.26 Å². The maximum absolute atomic E-state index is 13.2. The summed E-state index contributed by atoms with van der Waals surface area (Å²) in [4.78, 5) is 0.417. The van der Waals surface area contributed by atoms with Gasteiger partial charge in [-0.2, -0.15) is 0 Å². The number of sulfonamides is 1. The van der Waals surface area contributed by atoms with Gasteiger partial charge in [-0.1, -0.05) is 0 Å². The van der Waals surface area contributed by atoms with Crippen LogP contribution in [0.2, 0.25) is 0 Å². The average molecular weight is 456 g/mol. The SMILES string of the molecule is CCCC[PH](CCCC)(CCCC)C1CCCCC1NS(=O)(=O)c1ccc(C)cc1. The Kier molecular flexibility index (Phi) is 10.8. The quantitative estimate of drug-likeness (QED) is 0.335. The van der Waals surface area contributed by atoms with Crippen molar-refractivity contribution < 1.29 is 8.42 Å². The monoisotopic (exact) mass is 455 g/mol. The fraction of sp³-hybridized carbons (Fsp3) is 0.760. The van der Waals surface area contributed by atoms with E-state index >= 15 is 0 Å². The van der Waals surface area contributed by atoms with E-state index in [2.05, 4.69) is 25.5 Å². The first-order valence-electron chi connectivity index (χ1n) is 12.5. The molecular weight excluding hydrogens is 409 g/mol. The molecule has 1 aromatic rings. The van der Waals surface area contributed by atoms with Crippen LogP contribution in [-0.2, 0) is 10.0 Å². The summed E-state index contributed by atoms with van der Waals surface area (Å²) in [5.41, 5.74) is 1.69. The Morgan fingerprint density at radius 1 is 0.867 bits per heavy atom. The van der Waals surface area contributed by atoms with Gasteiger partial charge in [0.1, 0.15) is 0 Å². The summed E-state index contributed by atoms with van der Waals surface area (Å²) in [6, 6.07) is 7.43. The molecule has 30 heavy (non-hydrogen) atoms. The maximum atomic E-state index is 13.2. The number of hydrogen-bond acceptors (Lipinski definition) is 2. The number of benzene rings is 1. The van der Waals surface area contributed by atoms with Gasteiger partial charge >= 0.3 is 187 Å². The predicted molar refractivity (Wildman–Crippen MR) is 135 cm³/mol. The molecule has 1 aromatic carbocycles. The number of rotatable bonds is 13. The zero-order valence-corrected chi connectivity index (χ0v) is 21.7. The molecule has 5 heteroatoms. The molecule has 0 aliphatic heterocycles. The molecule has 2 rings (SSSR count). The van der Waals surface area contributed by atoms with Gasteiger partial charge in [0.25, 0.3) is 0 Å². The molecule has 1 aliphatic carbocycles.